The molecule has 0 bridgehead atoms. The van der Waals surface area contributed by atoms with Gasteiger partial charge in [-0.05, 0) is 48.3 Å². The third kappa shape index (κ3) is 2.83. The van der Waals surface area contributed by atoms with Gasteiger partial charge in [-0.25, -0.2) is 0 Å². The summed E-state index contributed by atoms with van der Waals surface area (Å²) in [5, 5.41) is 0. The largest absolute Gasteiger partial charge is 0.0992 e. The second kappa shape index (κ2) is 5.85. The summed E-state index contributed by atoms with van der Waals surface area (Å²) < 4.78 is 0. The Morgan fingerprint density at radius 2 is 1.89 bits per heavy atom. The van der Waals surface area contributed by atoms with Crippen LogP contribution in [-0.2, 0) is 0 Å². The number of allylic oxidation sites excluding steroid dienone is 3. The highest BCUT2D eigenvalue weighted by Gasteiger charge is 2.41. The maximum atomic E-state index is 4.43. The summed E-state index contributed by atoms with van der Waals surface area (Å²) >= 11 is 0. The molecule has 0 nitrogen and oxygen atoms in total. The van der Waals surface area contributed by atoms with Crippen molar-refractivity contribution in [3.8, 4) is 0 Å². The van der Waals surface area contributed by atoms with E-state index in [-0.39, 0.29) is 0 Å². The zero-order valence-corrected chi connectivity index (χ0v) is 13.5. The van der Waals surface area contributed by atoms with Gasteiger partial charge in [0.05, 0.1) is 0 Å². The van der Waals surface area contributed by atoms with E-state index in [4.69, 9.17) is 0 Å². The van der Waals surface area contributed by atoms with Crippen LogP contribution in [-0.4, -0.2) is 0 Å². The molecule has 0 saturated heterocycles. The molecule has 0 amide bonds. The molecule has 0 aromatic rings. The molecule has 2 aliphatic carbocycles. The van der Waals surface area contributed by atoms with Crippen molar-refractivity contribution in [2.75, 3.05) is 0 Å². The van der Waals surface area contributed by atoms with Crippen LogP contribution in [0.25, 0.3) is 0 Å². The number of rotatable bonds is 3. The van der Waals surface area contributed by atoms with Gasteiger partial charge in [-0.2, -0.15) is 0 Å². The predicted molar refractivity (Wildman–Crippen MR) is 84.9 cm³/mol. The fourth-order valence-electron chi connectivity index (χ4n) is 4.42. The lowest BCUT2D eigenvalue weighted by Gasteiger charge is -2.33. The molecule has 1 saturated carbocycles. The number of hydrogen-bond acceptors (Lipinski definition) is 0. The molecule has 0 spiro atoms. The minimum absolute atomic E-state index is 0.656. The molecule has 0 N–H and O–H groups in total. The molecule has 2 aliphatic rings. The van der Waals surface area contributed by atoms with E-state index < -0.39 is 0 Å². The van der Waals surface area contributed by atoms with Crippen LogP contribution < -0.4 is 0 Å². The number of hydrogen-bond donors (Lipinski definition) is 0. The van der Waals surface area contributed by atoms with Crippen LogP contribution in [0.15, 0.2) is 24.3 Å². The van der Waals surface area contributed by atoms with Gasteiger partial charge in [-0.15, -0.1) is 0 Å². The van der Waals surface area contributed by atoms with Gasteiger partial charge in [-0.3, -0.25) is 0 Å². The summed E-state index contributed by atoms with van der Waals surface area (Å²) in [6, 6.07) is 0. The van der Waals surface area contributed by atoms with Crippen LogP contribution in [0.5, 0.6) is 0 Å². The van der Waals surface area contributed by atoms with E-state index in [9.17, 15) is 0 Å². The van der Waals surface area contributed by atoms with Crippen LogP contribution in [0.3, 0.4) is 0 Å². The van der Waals surface area contributed by atoms with E-state index in [0.29, 0.717) is 5.92 Å². The lowest BCUT2D eigenvalue weighted by molar-refractivity contribution is 0.288. The standard InChI is InChI=1S/C19H32/c1-7-16-11-19(15(6)14(16)5)18-9-8-17(12(2)3)10-13(18)4/h8-9,12,14-19H,4,7,10-11H2,1-3,5-6H3/t14?,15-,16-,17?,18?,19+/m0/s1. The first-order chi connectivity index (χ1) is 8.95. The van der Waals surface area contributed by atoms with Gasteiger partial charge in [0.1, 0.15) is 0 Å². The highest BCUT2D eigenvalue weighted by atomic mass is 14.5. The molecule has 0 radical (unpaired) electrons. The van der Waals surface area contributed by atoms with Crippen molar-refractivity contribution in [3.05, 3.63) is 24.3 Å². The Hall–Kier alpha value is -0.520. The monoisotopic (exact) mass is 260 g/mol. The molecular formula is C19H32. The van der Waals surface area contributed by atoms with Crippen LogP contribution in [0.2, 0.25) is 0 Å². The summed E-state index contributed by atoms with van der Waals surface area (Å²) in [6.45, 7) is 16.4. The van der Waals surface area contributed by atoms with E-state index in [1.165, 1.54) is 24.8 Å². The van der Waals surface area contributed by atoms with E-state index in [0.717, 1.165) is 35.5 Å². The Balaban J connectivity index is 2.11. The van der Waals surface area contributed by atoms with Crippen molar-refractivity contribution >= 4 is 0 Å². The maximum Gasteiger partial charge on any atom is 0.000539 e. The molecule has 1 fully saturated rings. The van der Waals surface area contributed by atoms with Crippen LogP contribution in [0.1, 0.15) is 53.9 Å². The van der Waals surface area contributed by atoms with Gasteiger partial charge in [-0.1, -0.05) is 65.3 Å². The second-order valence-electron chi connectivity index (χ2n) is 7.47. The zero-order valence-electron chi connectivity index (χ0n) is 13.5. The van der Waals surface area contributed by atoms with Gasteiger partial charge in [0.2, 0.25) is 0 Å². The minimum Gasteiger partial charge on any atom is -0.0992 e. The van der Waals surface area contributed by atoms with Crippen molar-refractivity contribution in [1.82, 2.24) is 0 Å². The Morgan fingerprint density at radius 3 is 2.37 bits per heavy atom. The van der Waals surface area contributed by atoms with E-state index >= 15 is 0 Å². The van der Waals surface area contributed by atoms with Gasteiger partial charge in [0.25, 0.3) is 0 Å². The molecule has 108 valence electrons. The summed E-state index contributed by atoms with van der Waals surface area (Å²) in [5.41, 5.74) is 1.50. The van der Waals surface area contributed by atoms with Gasteiger partial charge in [0, 0.05) is 5.92 Å². The minimum atomic E-state index is 0.656. The molecule has 3 unspecified atom stereocenters. The fourth-order valence-corrected chi connectivity index (χ4v) is 4.42. The smallest absolute Gasteiger partial charge is 0.000539 e. The summed E-state index contributed by atoms with van der Waals surface area (Å²) in [4.78, 5) is 0. The van der Waals surface area contributed by atoms with Crippen molar-refractivity contribution in [2.45, 2.75) is 53.9 Å². The molecule has 0 heterocycles. The summed E-state index contributed by atoms with van der Waals surface area (Å²) in [5.74, 6) is 5.65. The fraction of sp³-hybridized carbons (Fsp3) is 0.789. The topological polar surface area (TPSA) is 0 Å². The molecule has 0 heteroatoms. The molecule has 0 aromatic carbocycles. The lowest BCUT2D eigenvalue weighted by Crippen LogP contribution is -2.24. The average Bonchev–Trinajstić information content (AvgIpc) is 2.66. The summed E-state index contributed by atoms with van der Waals surface area (Å²) in [6.07, 6.45) is 8.97. The van der Waals surface area contributed by atoms with E-state index in [1.807, 2.05) is 0 Å². The normalized spacial score (nSPS) is 43.2. The first-order valence-corrected chi connectivity index (χ1v) is 8.31. The van der Waals surface area contributed by atoms with Crippen molar-refractivity contribution in [2.24, 2.45) is 41.4 Å². The first-order valence-electron chi connectivity index (χ1n) is 8.31. The highest BCUT2D eigenvalue weighted by Crippen LogP contribution is 2.49. The SMILES string of the molecule is C=C1CC(C(C)C)C=CC1[C@@H]1C[C@H](CC)C(C)[C@@H]1C. The Labute approximate surface area is 120 Å². The van der Waals surface area contributed by atoms with Gasteiger partial charge in [0.15, 0.2) is 0 Å². The zero-order chi connectivity index (χ0) is 14.2. The molecule has 0 aromatic heterocycles. The van der Waals surface area contributed by atoms with E-state index in [1.54, 1.807) is 0 Å². The van der Waals surface area contributed by atoms with E-state index in [2.05, 4.69) is 53.3 Å². The van der Waals surface area contributed by atoms with Crippen LogP contribution >= 0.6 is 0 Å². The van der Waals surface area contributed by atoms with Crippen molar-refractivity contribution < 1.29 is 0 Å². The van der Waals surface area contributed by atoms with Gasteiger partial charge >= 0.3 is 0 Å². The quantitative estimate of drug-likeness (QED) is 0.570. The third-order valence-corrected chi connectivity index (χ3v) is 6.20. The van der Waals surface area contributed by atoms with Crippen molar-refractivity contribution in [1.29, 1.82) is 0 Å². The Morgan fingerprint density at radius 1 is 1.21 bits per heavy atom. The average molecular weight is 260 g/mol. The molecule has 6 atom stereocenters. The maximum absolute atomic E-state index is 4.43. The first kappa shape index (κ1) is 14.9. The summed E-state index contributed by atoms with van der Waals surface area (Å²) in [7, 11) is 0. The Kier molecular flexibility index (Phi) is 4.58. The van der Waals surface area contributed by atoms with Crippen LogP contribution in [0.4, 0.5) is 0 Å². The van der Waals surface area contributed by atoms with Crippen LogP contribution in [0, 0.1) is 41.4 Å². The highest BCUT2D eigenvalue weighted by molar-refractivity contribution is 5.20. The third-order valence-electron chi connectivity index (χ3n) is 6.20. The van der Waals surface area contributed by atoms with Gasteiger partial charge < -0.3 is 0 Å². The van der Waals surface area contributed by atoms with Crippen molar-refractivity contribution in [3.63, 3.8) is 0 Å². The molecule has 19 heavy (non-hydrogen) atoms. The predicted octanol–water partition coefficient (Wildman–Crippen LogP) is 5.71. The lowest BCUT2D eigenvalue weighted by atomic mass is 9.72. The molecular weight excluding hydrogens is 228 g/mol. The molecule has 2 rings (SSSR count). The second-order valence-corrected chi connectivity index (χ2v) is 7.47. The molecule has 0 aliphatic heterocycles. The Bertz CT molecular complexity index is 349.